The van der Waals surface area contributed by atoms with Gasteiger partial charge in [0.15, 0.2) is 0 Å². The molecule has 0 fully saturated rings. The fourth-order valence-corrected chi connectivity index (χ4v) is 2.29. The van der Waals surface area contributed by atoms with Gasteiger partial charge in [-0.15, -0.1) is 0 Å². The van der Waals surface area contributed by atoms with E-state index in [0.29, 0.717) is 6.42 Å². The molecular weight excluding hydrogens is 248 g/mol. The Hall–Kier alpha value is -0.790. The predicted molar refractivity (Wildman–Crippen MR) is 87.0 cm³/mol. The molecule has 0 aliphatic carbocycles. The van der Waals surface area contributed by atoms with Crippen LogP contribution in [0, 0.1) is 5.92 Å². The molecule has 0 amide bonds. The molecule has 0 bridgehead atoms. The van der Waals surface area contributed by atoms with Gasteiger partial charge in [-0.25, -0.2) is 0 Å². The Morgan fingerprint density at radius 3 is 2.10 bits per heavy atom. The molecule has 2 nitrogen and oxygen atoms in total. The number of carboxylic acids is 1. The van der Waals surface area contributed by atoms with E-state index in [1.165, 1.54) is 57.8 Å². The Labute approximate surface area is 125 Å². The van der Waals surface area contributed by atoms with Crippen molar-refractivity contribution in [2.75, 3.05) is 0 Å². The second kappa shape index (κ2) is 14.6. The first kappa shape index (κ1) is 19.2. The molecule has 0 radical (unpaired) electrons. The Kier molecular flexibility index (Phi) is 14.0. The molecule has 20 heavy (non-hydrogen) atoms. The van der Waals surface area contributed by atoms with Crippen LogP contribution in [0.3, 0.4) is 0 Å². The van der Waals surface area contributed by atoms with E-state index in [-0.39, 0.29) is 6.42 Å². The van der Waals surface area contributed by atoms with Crippen molar-refractivity contribution in [2.45, 2.75) is 90.9 Å². The van der Waals surface area contributed by atoms with Gasteiger partial charge in [0.05, 0.1) is 0 Å². The number of allylic oxidation sites excluding steroid dienone is 2. The summed E-state index contributed by atoms with van der Waals surface area (Å²) >= 11 is 0. The smallest absolute Gasteiger partial charge is 0.303 e. The topological polar surface area (TPSA) is 37.3 Å². The molecule has 0 aromatic heterocycles. The molecular formula is C18H34O2. The van der Waals surface area contributed by atoms with Gasteiger partial charge in [0.1, 0.15) is 0 Å². The number of rotatable bonds is 14. The largest absolute Gasteiger partial charge is 0.481 e. The monoisotopic (exact) mass is 282 g/mol. The van der Waals surface area contributed by atoms with E-state index in [1.807, 2.05) is 6.08 Å². The quantitative estimate of drug-likeness (QED) is 0.315. The third kappa shape index (κ3) is 15.3. The van der Waals surface area contributed by atoms with E-state index >= 15 is 0 Å². The minimum Gasteiger partial charge on any atom is -0.481 e. The van der Waals surface area contributed by atoms with Crippen LogP contribution in [0.1, 0.15) is 90.9 Å². The maximum absolute atomic E-state index is 10.3. The fraction of sp³-hybridized carbons (Fsp3) is 0.833. The zero-order valence-corrected chi connectivity index (χ0v) is 13.6. The summed E-state index contributed by atoms with van der Waals surface area (Å²) in [6, 6.07) is 0. The van der Waals surface area contributed by atoms with E-state index in [1.54, 1.807) is 0 Å². The molecule has 0 spiro atoms. The second-order valence-corrected chi connectivity index (χ2v) is 5.97. The summed E-state index contributed by atoms with van der Waals surface area (Å²) in [6.45, 7) is 4.63. The SMILES string of the molecule is CCC(C)CCCCCCCCC/C=C\CCC(=O)O. The first-order valence-electron chi connectivity index (χ1n) is 8.53. The first-order chi connectivity index (χ1) is 9.66. The van der Waals surface area contributed by atoms with Crippen LogP contribution in [0.25, 0.3) is 0 Å². The molecule has 0 aromatic carbocycles. The minimum atomic E-state index is -0.706. The van der Waals surface area contributed by atoms with Gasteiger partial charge in [0.25, 0.3) is 0 Å². The van der Waals surface area contributed by atoms with Gasteiger partial charge in [-0.3, -0.25) is 4.79 Å². The van der Waals surface area contributed by atoms with Crippen molar-refractivity contribution in [1.29, 1.82) is 0 Å². The molecule has 0 aromatic rings. The van der Waals surface area contributed by atoms with Crippen LogP contribution in [0.2, 0.25) is 0 Å². The van der Waals surface area contributed by atoms with E-state index in [2.05, 4.69) is 19.9 Å². The van der Waals surface area contributed by atoms with Crippen molar-refractivity contribution < 1.29 is 9.90 Å². The van der Waals surface area contributed by atoms with Crippen LogP contribution in [-0.4, -0.2) is 11.1 Å². The molecule has 2 heteroatoms. The lowest BCUT2D eigenvalue weighted by molar-refractivity contribution is -0.136. The maximum atomic E-state index is 10.3. The molecule has 0 aliphatic heterocycles. The molecule has 118 valence electrons. The standard InChI is InChI=1S/C18H34O2/c1-3-17(2)15-13-11-9-7-5-4-6-8-10-12-14-16-18(19)20/h10,12,17H,3-9,11,13-16H2,1-2H3,(H,19,20)/b12-10-. The first-order valence-corrected chi connectivity index (χ1v) is 8.53. The molecule has 0 rings (SSSR count). The second-order valence-electron chi connectivity index (χ2n) is 5.97. The average Bonchev–Trinajstić information content (AvgIpc) is 2.43. The average molecular weight is 282 g/mol. The van der Waals surface area contributed by atoms with E-state index < -0.39 is 5.97 Å². The van der Waals surface area contributed by atoms with Crippen molar-refractivity contribution in [3.05, 3.63) is 12.2 Å². The highest BCUT2D eigenvalue weighted by Crippen LogP contribution is 2.14. The van der Waals surface area contributed by atoms with E-state index in [9.17, 15) is 4.79 Å². The van der Waals surface area contributed by atoms with Crippen molar-refractivity contribution in [3.63, 3.8) is 0 Å². The van der Waals surface area contributed by atoms with Gasteiger partial charge < -0.3 is 5.11 Å². The number of carbonyl (C=O) groups is 1. The van der Waals surface area contributed by atoms with Crippen LogP contribution in [0.15, 0.2) is 12.2 Å². The molecule has 0 aliphatic rings. The lowest BCUT2D eigenvalue weighted by Gasteiger charge is -2.07. The Morgan fingerprint density at radius 2 is 1.50 bits per heavy atom. The Balaban J connectivity index is 3.11. The van der Waals surface area contributed by atoms with E-state index in [0.717, 1.165) is 12.3 Å². The molecule has 0 saturated carbocycles. The summed E-state index contributed by atoms with van der Waals surface area (Å²) in [4.78, 5) is 10.3. The summed E-state index contributed by atoms with van der Waals surface area (Å²) in [5.74, 6) is 0.200. The Morgan fingerprint density at radius 1 is 0.950 bits per heavy atom. The molecule has 1 atom stereocenters. The third-order valence-electron chi connectivity index (χ3n) is 3.96. The highest BCUT2D eigenvalue weighted by molar-refractivity contribution is 5.66. The molecule has 1 N–H and O–H groups in total. The highest BCUT2D eigenvalue weighted by Gasteiger charge is 1.98. The van der Waals surface area contributed by atoms with Crippen molar-refractivity contribution >= 4 is 5.97 Å². The lowest BCUT2D eigenvalue weighted by Crippen LogP contribution is -1.91. The van der Waals surface area contributed by atoms with Crippen LogP contribution in [0.4, 0.5) is 0 Å². The van der Waals surface area contributed by atoms with Gasteiger partial charge in [0.2, 0.25) is 0 Å². The van der Waals surface area contributed by atoms with Gasteiger partial charge in [-0.05, 0) is 25.2 Å². The maximum Gasteiger partial charge on any atom is 0.303 e. The predicted octanol–water partition coefficient (Wildman–Crippen LogP) is 5.96. The Bertz CT molecular complexity index is 246. The third-order valence-corrected chi connectivity index (χ3v) is 3.96. The number of unbranched alkanes of at least 4 members (excludes halogenated alkanes) is 7. The summed E-state index contributed by atoms with van der Waals surface area (Å²) in [7, 11) is 0. The van der Waals surface area contributed by atoms with E-state index in [4.69, 9.17) is 5.11 Å². The van der Waals surface area contributed by atoms with Crippen LogP contribution < -0.4 is 0 Å². The highest BCUT2D eigenvalue weighted by atomic mass is 16.4. The molecule has 0 heterocycles. The fourth-order valence-electron chi connectivity index (χ4n) is 2.29. The summed E-state index contributed by atoms with van der Waals surface area (Å²) < 4.78 is 0. The van der Waals surface area contributed by atoms with Crippen LogP contribution in [0.5, 0.6) is 0 Å². The summed E-state index contributed by atoms with van der Waals surface area (Å²) in [5, 5.41) is 8.49. The number of carboxylic acid groups (broad SMARTS) is 1. The van der Waals surface area contributed by atoms with Crippen molar-refractivity contribution in [3.8, 4) is 0 Å². The van der Waals surface area contributed by atoms with Crippen LogP contribution >= 0.6 is 0 Å². The molecule has 0 saturated heterocycles. The van der Waals surface area contributed by atoms with Crippen LogP contribution in [-0.2, 0) is 4.79 Å². The molecule has 1 unspecified atom stereocenters. The van der Waals surface area contributed by atoms with Crippen molar-refractivity contribution in [1.82, 2.24) is 0 Å². The van der Waals surface area contributed by atoms with Crippen molar-refractivity contribution in [2.24, 2.45) is 5.92 Å². The summed E-state index contributed by atoms with van der Waals surface area (Å²) in [5.41, 5.74) is 0. The van der Waals surface area contributed by atoms with Gasteiger partial charge in [-0.1, -0.05) is 77.4 Å². The van der Waals surface area contributed by atoms with Gasteiger partial charge >= 0.3 is 5.97 Å². The summed E-state index contributed by atoms with van der Waals surface area (Å²) in [6.07, 6.45) is 18.4. The zero-order valence-electron chi connectivity index (χ0n) is 13.6. The number of hydrogen-bond donors (Lipinski definition) is 1. The van der Waals surface area contributed by atoms with Gasteiger partial charge in [-0.2, -0.15) is 0 Å². The number of aliphatic carboxylic acids is 1. The minimum absolute atomic E-state index is 0.257. The number of hydrogen-bond acceptors (Lipinski definition) is 1. The zero-order chi connectivity index (χ0) is 15.1. The van der Waals surface area contributed by atoms with Gasteiger partial charge in [0, 0.05) is 6.42 Å². The normalized spacial score (nSPS) is 12.9. The lowest BCUT2D eigenvalue weighted by atomic mass is 9.99.